The standard InChI is InChI=1S/C16H24FN3O/c1-12-7-9-20(10-15(12)18)11-16(21)19-8-6-13-2-4-14(17)5-3-13/h2-5,12,15H,6-11,18H2,1H3,(H,19,21). The SMILES string of the molecule is CC1CCN(CC(=O)NCCc2ccc(F)cc2)CC1N. The van der Waals surface area contributed by atoms with Crippen molar-refractivity contribution in [2.75, 3.05) is 26.2 Å². The van der Waals surface area contributed by atoms with Crippen LogP contribution in [-0.2, 0) is 11.2 Å². The second kappa shape index (κ2) is 7.52. The number of nitrogens with zero attached hydrogens (tertiary/aromatic N) is 1. The average molecular weight is 293 g/mol. The number of rotatable bonds is 5. The van der Waals surface area contributed by atoms with Crippen molar-refractivity contribution in [3.63, 3.8) is 0 Å². The second-order valence-corrected chi connectivity index (χ2v) is 5.89. The zero-order chi connectivity index (χ0) is 15.2. The van der Waals surface area contributed by atoms with E-state index in [9.17, 15) is 9.18 Å². The number of carbonyl (C=O) groups excluding carboxylic acids is 1. The molecule has 1 aromatic rings. The third-order valence-electron chi connectivity index (χ3n) is 4.12. The van der Waals surface area contributed by atoms with Gasteiger partial charge in [-0.1, -0.05) is 19.1 Å². The third-order valence-corrected chi connectivity index (χ3v) is 4.12. The van der Waals surface area contributed by atoms with Crippen LogP contribution in [-0.4, -0.2) is 43.0 Å². The number of amides is 1. The molecule has 1 aliphatic heterocycles. The first-order chi connectivity index (χ1) is 10.0. The molecular weight excluding hydrogens is 269 g/mol. The van der Waals surface area contributed by atoms with Gasteiger partial charge in [0.15, 0.2) is 0 Å². The smallest absolute Gasteiger partial charge is 0.234 e. The van der Waals surface area contributed by atoms with Crippen molar-refractivity contribution in [2.45, 2.75) is 25.8 Å². The molecule has 2 atom stereocenters. The Bertz CT molecular complexity index is 463. The van der Waals surface area contributed by atoms with E-state index in [0.717, 1.165) is 25.1 Å². The summed E-state index contributed by atoms with van der Waals surface area (Å²) < 4.78 is 12.8. The average Bonchev–Trinajstić information content (AvgIpc) is 2.45. The minimum Gasteiger partial charge on any atom is -0.355 e. The van der Waals surface area contributed by atoms with Crippen molar-refractivity contribution in [2.24, 2.45) is 11.7 Å². The Morgan fingerprint density at radius 3 is 2.81 bits per heavy atom. The van der Waals surface area contributed by atoms with E-state index in [2.05, 4.69) is 17.1 Å². The maximum absolute atomic E-state index is 12.8. The lowest BCUT2D eigenvalue weighted by Crippen LogP contribution is -2.50. The normalized spacial score (nSPS) is 23.0. The number of hydrogen-bond donors (Lipinski definition) is 2. The van der Waals surface area contributed by atoms with Crippen LogP contribution in [0.2, 0.25) is 0 Å². The maximum atomic E-state index is 12.8. The summed E-state index contributed by atoms with van der Waals surface area (Å²) in [6.07, 6.45) is 1.76. The summed E-state index contributed by atoms with van der Waals surface area (Å²) in [6.45, 7) is 4.85. The molecule has 1 aliphatic rings. The molecule has 5 heteroatoms. The predicted molar refractivity (Wildman–Crippen MR) is 81.3 cm³/mol. The van der Waals surface area contributed by atoms with Crippen LogP contribution in [0, 0.1) is 11.7 Å². The van der Waals surface area contributed by atoms with Gasteiger partial charge < -0.3 is 11.1 Å². The van der Waals surface area contributed by atoms with Crippen molar-refractivity contribution >= 4 is 5.91 Å². The van der Waals surface area contributed by atoms with Crippen LogP contribution in [0.5, 0.6) is 0 Å². The molecule has 4 nitrogen and oxygen atoms in total. The monoisotopic (exact) mass is 293 g/mol. The Labute approximate surface area is 125 Å². The molecular formula is C16H24FN3O. The molecule has 2 rings (SSSR count). The van der Waals surface area contributed by atoms with Crippen LogP contribution in [0.15, 0.2) is 24.3 Å². The molecule has 0 aliphatic carbocycles. The summed E-state index contributed by atoms with van der Waals surface area (Å²) in [6, 6.07) is 6.52. The topological polar surface area (TPSA) is 58.4 Å². The van der Waals surface area contributed by atoms with Crippen LogP contribution >= 0.6 is 0 Å². The summed E-state index contributed by atoms with van der Waals surface area (Å²) in [5.41, 5.74) is 7.05. The van der Waals surface area contributed by atoms with Gasteiger partial charge in [0, 0.05) is 19.1 Å². The van der Waals surface area contributed by atoms with E-state index in [1.54, 1.807) is 12.1 Å². The first kappa shape index (κ1) is 15.9. The number of halogens is 1. The molecule has 2 unspecified atom stereocenters. The van der Waals surface area contributed by atoms with Gasteiger partial charge in [-0.05, 0) is 43.0 Å². The van der Waals surface area contributed by atoms with E-state index in [0.29, 0.717) is 25.4 Å². The number of hydrogen-bond acceptors (Lipinski definition) is 3. The zero-order valence-corrected chi connectivity index (χ0v) is 12.5. The Morgan fingerprint density at radius 1 is 1.43 bits per heavy atom. The van der Waals surface area contributed by atoms with Crippen molar-refractivity contribution in [3.05, 3.63) is 35.6 Å². The van der Waals surface area contributed by atoms with E-state index in [4.69, 9.17) is 5.73 Å². The van der Waals surface area contributed by atoms with Gasteiger partial charge in [0.05, 0.1) is 6.54 Å². The van der Waals surface area contributed by atoms with Gasteiger partial charge in [-0.2, -0.15) is 0 Å². The fraction of sp³-hybridized carbons (Fsp3) is 0.562. The maximum Gasteiger partial charge on any atom is 0.234 e. The summed E-state index contributed by atoms with van der Waals surface area (Å²) in [7, 11) is 0. The molecule has 1 fully saturated rings. The fourth-order valence-corrected chi connectivity index (χ4v) is 2.57. The minimum atomic E-state index is -0.238. The molecule has 21 heavy (non-hydrogen) atoms. The molecule has 0 spiro atoms. The summed E-state index contributed by atoms with van der Waals surface area (Å²) in [5.74, 6) is 0.320. The molecule has 0 bridgehead atoms. The zero-order valence-electron chi connectivity index (χ0n) is 12.5. The number of nitrogens with one attached hydrogen (secondary N) is 1. The lowest BCUT2D eigenvalue weighted by Gasteiger charge is -2.34. The van der Waals surface area contributed by atoms with E-state index >= 15 is 0 Å². The first-order valence-electron chi connectivity index (χ1n) is 7.53. The quantitative estimate of drug-likeness (QED) is 0.856. The lowest BCUT2D eigenvalue weighted by atomic mass is 9.94. The summed E-state index contributed by atoms with van der Waals surface area (Å²) >= 11 is 0. The number of benzene rings is 1. The summed E-state index contributed by atoms with van der Waals surface area (Å²) in [4.78, 5) is 14.0. The molecule has 0 saturated carbocycles. The largest absolute Gasteiger partial charge is 0.355 e. The van der Waals surface area contributed by atoms with Crippen molar-refractivity contribution in [1.82, 2.24) is 10.2 Å². The van der Waals surface area contributed by atoms with Gasteiger partial charge in [0.2, 0.25) is 5.91 Å². The van der Waals surface area contributed by atoms with Gasteiger partial charge in [-0.25, -0.2) is 4.39 Å². The van der Waals surface area contributed by atoms with Crippen molar-refractivity contribution in [3.8, 4) is 0 Å². The van der Waals surface area contributed by atoms with Crippen LogP contribution in [0.3, 0.4) is 0 Å². The van der Waals surface area contributed by atoms with Crippen LogP contribution in [0.25, 0.3) is 0 Å². The highest BCUT2D eigenvalue weighted by molar-refractivity contribution is 5.78. The van der Waals surface area contributed by atoms with Gasteiger partial charge in [-0.15, -0.1) is 0 Å². The van der Waals surface area contributed by atoms with Crippen molar-refractivity contribution in [1.29, 1.82) is 0 Å². The van der Waals surface area contributed by atoms with Gasteiger partial charge in [0.25, 0.3) is 0 Å². The molecule has 1 heterocycles. The fourth-order valence-electron chi connectivity index (χ4n) is 2.57. The highest BCUT2D eigenvalue weighted by Gasteiger charge is 2.24. The molecule has 0 radical (unpaired) electrons. The number of piperidine rings is 1. The van der Waals surface area contributed by atoms with Crippen LogP contribution in [0.1, 0.15) is 18.9 Å². The Balaban J connectivity index is 1.67. The Hall–Kier alpha value is -1.46. The van der Waals surface area contributed by atoms with Gasteiger partial charge in [0.1, 0.15) is 5.82 Å². The molecule has 1 aromatic carbocycles. The highest BCUT2D eigenvalue weighted by Crippen LogP contribution is 2.14. The van der Waals surface area contributed by atoms with Crippen LogP contribution in [0.4, 0.5) is 4.39 Å². The van der Waals surface area contributed by atoms with E-state index in [1.807, 2.05) is 0 Å². The molecule has 0 aromatic heterocycles. The molecule has 3 N–H and O–H groups in total. The Morgan fingerprint density at radius 2 is 2.14 bits per heavy atom. The van der Waals surface area contributed by atoms with Crippen molar-refractivity contribution < 1.29 is 9.18 Å². The molecule has 1 saturated heterocycles. The first-order valence-corrected chi connectivity index (χ1v) is 7.53. The van der Waals surface area contributed by atoms with E-state index in [1.165, 1.54) is 12.1 Å². The predicted octanol–water partition coefficient (Wildman–Crippen LogP) is 1.15. The number of carbonyl (C=O) groups is 1. The molecule has 1 amide bonds. The van der Waals surface area contributed by atoms with E-state index < -0.39 is 0 Å². The van der Waals surface area contributed by atoms with E-state index in [-0.39, 0.29) is 17.8 Å². The van der Waals surface area contributed by atoms with Crippen LogP contribution < -0.4 is 11.1 Å². The number of nitrogens with two attached hydrogens (primary N) is 1. The van der Waals surface area contributed by atoms with Gasteiger partial charge in [-0.3, -0.25) is 9.69 Å². The summed E-state index contributed by atoms with van der Waals surface area (Å²) in [5, 5.41) is 2.90. The lowest BCUT2D eigenvalue weighted by molar-refractivity contribution is -0.122. The highest BCUT2D eigenvalue weighted by atomic mass is 19.1. The second-order valence-electron chi connectivity index (χ2n) is 5.89. The molecule has 116 valence electrons. The number of likely N-dealkylation sites (tertiary alicyclic amines) is 1. The minimum absolute atomic E-state index is 0.0267. The Kier molecular flexibility index (Phi) is 5.70. The van der Waals surface area contributed by atoms with Gasteiger partial charge >= 0.3 is 0 Å². The third kappa shape index (κ3) is 5.10.